The molecule has 0 aliphatic carbocycles. The maximum atomic E-state index is 12.2. The van der Waals surface area contributed by atoms with Crippen molar-refractivity contribution in [2.75, 3.05) is 139 Å². The summed E-state index contributed by atoms with van der Waals surface area (Å²) in [7, 11) is 5.91. The Labute approximate surface area is 465 Å². The molecule has 6 heterocycles. The van der Waals surface area contributed by atoms with E-state index < -0.39 is 0 Å². The first-order valence-corrected chi connectivity index (χ1v) is 29.1. The van der Waals surface area contributed by atoms with E-state index in [9.17, 15) is 28.8 Å². The van der Waals surface area contributed by atoms with E-state index in [0.717, 1.165) is 104 Å². The number of amides is 4. The minimum absolute atomic E-state index is 0.134. The Morgan fingerprint density at radius 1 is 0.447 bits per heavy atom. The largest absolute Gasteiger partial charge is 0.378 e. The molecule has 6 saturated heterocycles. The van der Waals surface area contributed by atoms with Gasteiger partial charge in [0.1, 0.15) is 0 Å². The van der Waals surface area contributed by atoms with Crippen molar-refractivity contribution in [3.8, 4) is 0 Å². The summed E-state index contributed by atoms with van der Waals surface area (Å²) in [6.07, 6.45) is 8.63. The van der Waals surface area contributed by atoms with Crippen LogP contribution in [-0.2, 0) is 33.5 Å². The molecule has 0 spiro atoms. The monoisotopic (exact) mass is 1080 g/mol. The Hall–Kier alpha value is -3.02. The predicted octanol–water partition coefficient (Wildman–Crippen LogP) is 7.19. The van der Waals surface area contributed by atoms with Crippen LogP contribution in [0.5, 0.6) is 0 Å². The number of Topliss-reactive ketones (excluding diaryl/α,β-unsaturated/α-hetero) is 2. The van der Waals surface area contributed by atoms with Crippen molar-refractivity contribution in [1.29, 1.82) is 0 Å². The fourth-order valence-electron chi connectivity index (χ4n) is 9.21. The van der Waals surface area contributed by atoms with E-state index in [0.29, 0.717) is 31.4 Å². The Bertz CT molecular complexity index is 1680. The van der Waals surface area contributed by atoms with E-state index in [1.54, 1.807) is 0 Å². The van der Waals surface area contributed by atoms with Gasteiger partial charge in [0.2, 0.25) is 23.6 Å². The Kier molecular flexibility index (Phi) is 30.2. The first-order chi connectivity index (χ1) is 34.8. The number of likely N-dealkylation sites (tertiary alicyclic amines) is 2. The van der Waals surface area contributed by atoms with E-state index in [1.165, 1.54) is 45.2 Å². The summed E-state index contributed by atoms with van der Waals surface area (Å²) in [6, 6.07) is 0.865. The van der Waals surface area contributed by atoms with E-state index in [-0.39, 0.29) is 62.0 Å². The normalized spacial score (nSPS) is 20.7. The van der Waals surface area contributed by atoms with E-state index in [1.807, 2.05) is 158 Å². The molecule has 1 unspecified atom stereocenters. The summed E-state index contributed by atoms with van der Waals surface area (Å²) >= 11 is 0. The highest BCUT2D eigenvalue weighted by Crippen LogP contribution is 2.26. The van der Waals surface area contributed by atoms with E-state index in [2.05, 4.69) is 32.4 Å². The highest BCUT2D eigenvalue weighted by atomic mass is 16.5. The molecule has 0 aromatic rings. The Morgan fingerprint density at radius 3 is 1.18 bits per heavy atom. The van der Waals surface area contributed by atoms with Crippen molar-refractivity contribution < 1.29 is 33.5 Å². The topological polar surface area (TPSA) is 158 Å². The van der Waals surface area contributed by atoms with Gasteiger partial charge in [-0.15, -0.1) is 0 Å². The first kappa shape index (κ1) is 71.0. The van der Waals surface area contributed by atoms with Crippen LogP contribution in [0.3, 0.4) is 0 Å². The third-order valence-electron chi connectivity index (χ3n) is 14.1. The van der Waals surface area contributed by atoms with Crippen LogP contribution in [0.4, 0.5) is 0 Å². The number of hydrogen-bond acceptors (Lipinski definition) is 12. The van der Waals surface area contributed by atoms with Crippen molar-refractivity contribution in [3.05, 3.63) is 0 Å². The number of ketones is 2. The molecular formula is C60H117N9O7. The first-order valence-electron chi connectivity index (χ1n) is 29.1. The number of morpholine rings is 1. The molecule has 0 bridgehead atoms. The van der Waals surface area contributed by atoms with Crippen molar-refractivity contribution in [1.82, 2.24) is 44.9 Å². The molecule has 2 N–H and O–H groups in total. The van der Waals surface area contributed by atoms with Crippen LogP contribution in [0.1, 0.15) is 170 Å². The molecule has 16 nitrogen and oxygen atoms in total. The lowest BCUT2D eigenvalue weighted by Crippen LogP contribution is -2.50. The number of nitrogens with zero attached hydrogens (tertiary/aromatic N) is 7. The molecule has 6 aliphatic rings. The Balaban J connectivity index is 0.000000462. The van der Waals surface area contributed by atoms with Crippen molar-refractivity contribution >= 4 is 35.2 Å². The zero-order chi connectivity index (χ0) is 58.5. The van der Waals surface area contributed by atoms with Gasteiger partial charge in [0.15, 0.2) is 11.6 Å². The number of ether oxygens (including phenoxy) is 1. The number of piperidine rings is 2. The molecule has 0 saturated carbocycles. The predicted molar refractivity (Wildman–Crippen MR) is 312 cm³/mol. The van der Waals surface area contributed by atoms with Crippen molar-refractivity contribution in [2.45, 2.75) is 182 Å². The van der Waals surface area contributed by atoms with Crippen LogP contribution in [0, 0.1) is 32.5 Å². The SMILES string of the molecule is CC(C)(C)C(=O)C1CCCN1.CC(C)(C)C(=O)N1CCC(N2CCCCC2)CC1.CC(C)(C)C(=O)N1CCNCC1.CC(C)(C)C(=O)N1CCOCC1.CN(C)CC(=O)C(C)(C)C.CN1CCN(C(=O)C(C)(C)C)CC1. The van der Waals surface area contributed by atoms with Crippen molar-refractivity contribution in [3.63, 3.8) is 0 Å². The van der Waals surface area contributed by atoms with Gasteiger partial charge in [0, 0.05) is 117 Å². The molecule has 1 atom stereocenters. The lowest BCUT2D eigenvalue weighted by Gasteiger charge is -2.41. The molecule has 4 amide bonds. The fraction of sp³-hybridized carbons (Fsp3) is 0.900. The number of piperazine rings is 2. The number of carbonyl (C=O) groups excluding carboxylic acids is 6. The number of rotatable bonds is 4. The lowest BCUT2D eigenvalue weighted by molar-refractivity contribution is -0.143. The maximum absolute atomic E-state index is 12.2. The number of hydrogen-bond donors (Lipinski definition) is 2. The van der Waals surface area contributed by atoms with Crippen LogP contribution < -0.4 is 10.6 Å². The van der Waals surface area contributed by atoms with Gasteiger partial charge in [-0.05, 0) is 79.3 Å². The van der Waals surface area contributed by atoms with Crippen LogP contribution in [-0.4, -0.2) is 221 Å². The molecular weight excluding hydrogens is 959 g/mol. The highest BCUT2D eigenvalue weighted by molar-refractivity contribution is 5.89. The van der Waals surface area contributed by atoms with Gasteiger partial charge in [-0.2, -0.15) is 0 Å². The molecule has 6 fully saturated rings. The van der Waals surface area contributed by atoms with E-state index >= 15 is 0 Å². The molecule has 76 heavy (non-hydrogen) atoms. The minimum Gasteiger partial charge on any atom is -0.378 e. The molecule has 16 heteroatoms. The average molecular weight is 1080 g/mol. The smallest absolute Gasteiger partial charge is 0.228 e. The molecule has 6 rings (SSSR count). The van der Waals surface area contributed by atoms with E-state index in [4.69, 9.17) is 4.74 Å². The second-order valence-electron chi connectivity index (χ2n) is 28.3. The van der Waals surface area contributed by atoms with Crippen molar-refractivity contribution in [2.24, 2.45) is 32.5 Å². The summed E-state index contributed by atoms with van der Waals surface area (Å²) in [6.45, 7) is 51.7. The zero-order valence-electron chi connectivity index (χ0n) is 52.8. The molecule has 0 aromatic heterocycles. The molecule has 0 aromatic carbocycles. The van der Waals surface area contributed by atoms with Gasteiger partial charge in [-0.3, -0.25) is 28.8 Å². The number of nitrogens with one attached hydrogen (secondary N) is 2. The molecule has 6 aliphatic heterocycles. The maximum Gasteiger partial charge on any atom is 0.228 e. The standard InChI is InChI=1S/C15H28N2O.C10H20N2O.C9H18N2O.C9H17NO2.C9H17NO.C8H17NO/c1-15(2,3)14(18)17-11-7-13(8-12-17)16-9-5-4-6-10-16;1-10(2,3)9(13)12-7-5-11(4)6-8-12;1-9(2,3)8(12)11-6-4-10-5-7-11;1-9(2,3)8(11)10-4-6-12-7-5-10;1-9(2,3)8(11)7-5-4-6-10-7;1-8(2,3)7(10)6-9(4)5/h13H,4-12H2,1-3H3;5-8H2,1-4H3;10H,4-7H2,1-3H3;4-7H2,1-3H3;7,10H,4-6H2,1-3H3;6H2,1-5H3. The number of carbonyl (C=O) groups is 6. The fourth-order valence-corrected chi connectivity index (χ4v) is 9.21. The quantitative estimate of drug-likeness (QED) is 0.293. The third kappa shape index (κ3) is 27.7. The summed E-state index contributed by atoms with van der Waals surface area (Å²) in [5.41, 5.74) is -1.30. The number of likely N-dealkylation sites (N-methyl/N-ethyl adjacent to an activating group) is 2. The van der Waals surface area contributed by atoms with Crippen LogP contribution >= 0.6 is 0 Å². The highest BCUT2D eigenvalue weighted by Gasteiger charge is 2.34. The zero-order valence-corrected chi connectivity index (χ0v) is 52.8. The van der Waals surface area contributed by atoms with Crippen LogP contribution in [0.15, 0.2) is 0 Å². The summed E-state index contributed by atoms with van der Waals surface area (Å²) < 4.78 is 5.17. The van der Waals surface area contributed by atoms with Gasteiger partial charge >= 0.3 is 0 Å². The molecule has 444 valence electrons. The van der Waals surface area contributed by atoms with Gasteiger partial charge in [-0.25, -0.2) is 0 Å². The van der Waals surface area contributed by atoms with Crippen LogP contribution in [0.25, 0.3) is 0 Å². The second-order valence-corrected chi connectivity index (χ2v) is 28.3. The average Bonchev–Trinajstić information content (AvgIpc) is 3.88. The van der Waals surface area contributed by atoms with Gasteiger partial charge < -0.3 is 49.7 Å². The third-order valence-corrected chi connectivity index (χ3v) is 14.1. The molecule has 0 radical (unpaired) electrons. The second kappa shape index (κ2) is 32.3. The van der Waals surface area contributed by atoms with Gasteiger partial charge in [0.05, 0.1) is 25.8 Å². The lowest BCUT2D eigenvalue weighted by atomic mass is 9.86. The van der Waals surface area contributed by atoms with Crippen LogP contribution in [0.2, 0.25) is 0 Å². The summed E-state index contributed by atoms with van der Waals surface area (Å²) in [5.74, 6) is 1.74. The Morgan fingerprint density at radius 2 is 0.842 bits per heavy atom. The summed E-state index contributed by atoms with van der Waals surface area (Å²) in [5, 5.41) is 6.44. The summed E-state index contributed by atoms with van der Waals surface area (Å²) in [4.78, 5) is 85.0. The van der Waals surface area contributed by atoms with Gasteiger partial charge in [0.25, 0.3) is 0 Å². The van der Waals surface area contributed by atoms with Gasteiger partial charge in [-0.1, -0.05) is 131 Å². The minimum atomic E-state index is -0.253.